The Kier molecular flexibility index (Phi) is 9.80. The molecule has 5 rings (SSSR count). The minimum Gasteiger partial charge on any atom is -0.359 e. The van der Waals surface area contributed by atoms with Gasteiger partial charge in [0.1, 0.15) is 12.3 Å². The molecule has 2 heterocycles. The minimum absolute atomic E-state index is 0.0534. The highest BCUT2D eigenvalue weighted by Crippen LogP contribution is 2.32. The van der Waals surface area contributed by atoms with Crippen LogP contribution in [0.5, 0.6) is 0 Å². The Balaban J connectivity index is 0.000000461. The van der Waals surface area contributed by atoms with Gasteiger partial charge >= 0.3 is 0 Å². The average Bonchev–Trinajstić information content (AvgIpc) is 3.48. The molecule has 2 aliphatic rings. The summed E-state index contributed by atoms with van der Waals surface area (Å²) in [5.74, 6) is -0.0555. The molecule has 40 heavy (non-hydrogen) atoms. The van der Waals surface area contributed by atoms with E-state index in [4.69, 9.17) is 0 Å². The maximum absolute atomic E-state index is 13.7. The van der Waals surface area contributed by atoms with E-state index in [1.165, 1.54) is 12.0 Å². The maximum Gasteiger partial charge on any atom is 0.248 e. The number of likely N-dealkylation sites (N-methyl/N-ethyl adjacent to an activating group) is 1. The number of rotatable bonds is 6. The number of nitrogens with one attached hydrogen (secondary N) is 3. The molecule has 0 radical (unpaired) electrons. The lowest BCUT2D eigenvalue weighted by atomic mass is 9.87. The van der Waals surface area contributed by atoms with Crippen molar-refractivity contribution in [2.24, 2.45) is 0 Å². The number of benzene rings is 2. The Hall–Kier alpha value is -3.45. The molecule has 1 amide bonds. The molecule has 1 aliphatic carbocycles. The van der Waals surface area contributed by atoms with Gasteiger partial charge in [-0.25, -0.2) is 0 Å². The number of H-pyrrole nitrogens is 1. The Morgan fingerprint density at radius 2 is 1.70 bits per heavy atom. The number of carbonyl (C=O) groups is 2. The van der Waals surface area contributed by atoms with E-state index in [1.54, 1.807) is 6.07 Å². The van der Waals surface area contributed by atoms with Crippen molar-refractivity contribution in [3.05, 3.63) is 76.1 Å². The highest BCUT2D eigenvalue weighted by Gasteiger charge is 2.30. The summed E-state index contributed by atoms with van der Waals surface area (Å²) < 4.78 is 0. The molecular weight excluding hydrogens is 500 g/mol. The van der Waals surface area contributed by atoms with Gasteiger partial charge in [0.05, 0.1) is 6.04 Å². The largest absolute Gasteiger partial charge is 0.359 e. The number of hydrogen-bond acceptors (Lipinski definition) is 5. The van der Waals surface area contributed by atoms with Gasteiger partial charge < -0.3 is 25.3 Å². The molecule has 0 bridgehead atoms. The molecular formula is C33H44N4O3. The summed E-state index contributed by atoms with van der Waals surface area (Å²) in [5, 5.41) is 7.22. The van der Waals surface area contributed by atoms with Crippen molar-refractivity contribution in [3.8, 4) is 0 Å². The number of anilines is 1. The Morgan fingerprint density at radius 3 is 2.30 bits per heavy atom. The second kappa shape index (κ2) is 13.3. The van der Waals surface area contributed by atoms with Crippen LogP contribution in [0.1, 0.15) is 82.9 Å². The third-order valence-electron chi connectivity index (χ3n) is 8.07. The smallest absolute Gasteiger partial charge is 0.248 e. The van der Waals surface area contributed by atoms with E-state index in [1.807, 2.05) is 36.2 Å². The van der Waals surface area contributed by atoms with Gasteiger partial charge in [0.25, 0.3) is 0 Å². The first-order valence-corrected chi connectivity index (χ1v) is 14.6. The zero-order chi connectivity index (χ0) is 28.7. The highest BCUT2D eigenvalue weighted by molar-refractivity contribution is 5.93. The summed E-state index contributed by atoms with van der Waals surface area (Å²) >= 11 is 0. The number of pyridine rings is 1. The quantitative estimate of drug-likeness (QED) is 0.362. The number of carbonyl (C=O) groups excluding carboxylic acids is 2. The number of para-hydroxylation sites is 1. The maximum atomic E-state index is 13.7. The molecule has 3 N–H and O–H groups in total. The first-order valence-electron chi connectivity index (χ1n) is 14.6. The van der Waals surface area contributed by atoms with Crippen molar-refractivity contribution in [1.82, 2.24) is 15.6 Å². The number of aromatic amines is 1. The fourth-order valence-electron chi connectivity index (χ4n) is 5.68. The van der Waals surface area contributed by atoms with Gasteiger partial charge in [0.15, 0.2) is 0 Å². The summed E-state index contributed by atoms with van der Waals surface area (Å²) in [6, 6.07) is 17.4. The van der Waals surface area contributed by atoms with Gasteiger partial charge in [-0.15, -0.1) is 0 Å². The van der Waals surface area contributed by atoms with Gasteiger partial charge in [0.2, 0.25) is 11.5 Å². The van der Waals surface area contributed by atoms with E-state index in [9.17, 15) is 14.4 Å². The van der Waals surface area contributed by atoms with Crippen LogP contribution < -0.4 is 21.1 Å². The van der Waals surface area contributed by atoms with Crippen LogP contribution in [0.15, 0.2) is 59.4 Å². The van der Waals surface area contributed by atoms with E-state index < -0.39 is 6.04 Å². The molecule has 1 aromatic heterocycles. The molecule has 214 valence electrons. The van der Waals surface area contributed by atoms with E-state index >= 15 is 0 Å². The van der Waals surface area contributed by atoms with Gasteiger partial charge in [-0.1, -0.05) is 70.4 Å². The van der Waals surface area contributed by atoms with Crippen LogP contribution in [0.3, 0.4) is 0 Å². The van der Waals surface area contributed by atoms with Gasteiger partial charge in [0, 0.05) is 35.7 Å². The van der Waals surface area contributed by atoms with E-state index in [2.05, 4.69) is 60.7 Å². The number of nitrogens with zero attached hydrogens (tertiary/aromatic N) is 1. The van der Waals surface area contributed by atoms with Crippen LogP contribution in [0, 0.1) is 0 Å². The summed E-state index contributed by atoms with van der Waals surface area (Å²) in [4.78, 5) is 41.1. The lowest BCUT2D eigenvalue weighted by Gasteiger charge is -2.33. The first kappa shape index (κ1) is 29.5. The fourth-order valence-corrected chi connectivity index (χ4v) is 5.68. The van der Waals surface area contributed by atoms with Crippen molar-refractivity contribution in [2.45, 2.75) is 89.3 Å². The van der Waals surface area contributed by atoms with Crippen LogP contribution in [0.2, 0.25) is 0 Å². The predicted octanol–water partition coefficient (Wildman–Crippen LogP) is 5.39. The minimum atomic E-state index is -0.611. The molecule has 7 nitrogen and oxygen atoms in total. The fraction of sp³-hybridized carbons (Fsp3) is 0.485. The third kappa shape index (κ3) is 7.39. The summed E-state index contributed by atoms with van der Waals surface area (Å²) in [6.07, 6.45) is 8.72. The number of aldehydes is 1. The predicted molar refractivity (Wildman–Crippen MR) is 163 cm³/mol. The van der Waals surface area contributed by atoms with Crippen LogP contribution in [0.4, 0.5) is 5.69 Å². The Morgan fingerprint density at radius 1 is 1.00 bits per heavy atom. The molecule has 7 heteroatoms. The van der Waals surface area contributed by atoms with Crippen molar-refractivity contribution in [2.75, 3.05) is 18.5 Å². The molecule has 2 atom stereocenters. The number of fused-ring (bicyclic) bond motifs is 1. The summed E-state index contributed by atoms with van der Waals surface area (Å²) in [5.41, 5.74) is 3.51. The molecule has 2 unspecified atom stereocenters. The second-order valence-electron chi connectivity index (χ2n) is 12.1. The number of aromatic nitrogens is 1. The molecule has 2 aromatic carbocycles. The van der Waals surface area contributed by atoms with E-state index in [0.717, 1.165) is 73.5 Å². The molecule has 2 fully saturated rings. The van der Waals surface area contributed by atoms with Crippen LogP contribution in [-0.4, -0.2) is 42.9 Å². The monoisotopic (exact) mass is 544 g/mol. The summed E-state index contributed by atoms with van der Waals surface area (Å²) in [7, 11) is 1.94. The number of hydrogen-bond donors (Lipinski definition) is 3. The molecule has 3 aromatic rings. The van der Waals surface area contributed by atoms with Gasteiger partial charge in [-0.05, 0) is 67.0 Å². The Bertz CT molecular complexity index is 1330. The topological polar surface area (TPSA) is 94.3 Å². The van der Waals surface area contributed by atoms with Gasteiger partial charge in [-0.2, -0.15) is 0 Å². The normalized spacial score (nSPS) is 18.4. The number of amides is 1. The zero-order valence-corrected chi connectivity index (χ0v) is 24.3. The lowest BCUT2D eigenvalue weighted by Crippen LogP contribution is -2.44. The lowest BCUT2D eigenvalue weighted by molar-refractivity contribution is -0.123. The molecule has 1 saturated heterocycles. The van der Waals surface area contributed by atoms with Gasteiger partial charge in [-0.3, -0.25) is 9.59 Å². The van der Waals surface area contributed by atoms with Crippen molar-refractivity contribution >= 4 is 28.8 Å². The van der Waals surface area contributed by atoms with Crippen LogP contribution in [-0.2, 0) is 15.0 Å². The third-order valence-corrected chi connectivity index (χ3v) is 8.07. The van der Waals surface area contributed by atoms with E-state index in [-0.39, 0.29) is 29.0 Å². The van der Waals surface area contributed by atoms with Crippen molar-refractivity contribution in [3.63, 3.8) is 0 Å². The SMILES string of the molecule is CN(c1ccc(C(C)(C)C)cc1)C(C(=O)NC1CCCCC1)c1cc(=O)[nH]c2ccccc12.O=CC1CCCN1. The average molecular weight is 545 g/mol. The standard InChI is InChI=1S/C28H35N3O2.C5H9NO/c1-28(2,3)19-14-16-21(17-15-19)31(4)26(27(33)29-20-10-6-5-7-11-20)23-18-25(32)30-24-13-9-8-12-22(23)24;7-4-5-2-1-3-6-5/h8-9,12-18,20,26H,5-7,10-11H2,1-4H3,(H,29,33)(H,30,32);4-6H,1-3H2. The zero-order valence-electron chi connectivity index (χ0n) is 24.3. The Labute approximate surface area is 237 Å². The molecule has 1 aliphatic heterocycles. The van der Waals surface area contributed by atoms with Crippen molar-refractivity contribution in [1.29, 1.82) is 0 Å². The van der Waals surface area contributed by atoms with Crippen LogP contribution >= 0.6 is 0 Å². The van der Waals surface area contributed by atoms with Crippen molar-refractivity contribution < 1.29 is 9.59 Å². The summed E-state index contributed by atoms with van der Waals surface area (Å²) in [6.45, 7) is 7.58. The first-order chi connectivity index (χ1) is 19.2. The highest BCUT2D eigenvalue weighted by atomic mass is 16.2. The van der Waals surface area contributed by atoms with Crippen LogP contribution in [0.25, 0.3) is 10.9 Å². The van der Waals surface area contributed by atoms with E-state index in [0.29, 0.717) is 0 Å². The molecule has 1 saturated carbocycles. The molecule has 0 spiro atoms. The second-order valence-corrected chi connectivity index (χ2v) is 12.1.